The molecule has 1 heterocycles. The predicted octanol–water partition coefficient (Wildman–Crippen LogP) is 1.32. The SMILES string of the molecule is CCOC(=O)c1cn(N(C)C=O)c2c(F)c(F)c(F)cc2c1=O. The maximum atomic E-state index is 14.0. The molecule has 0 aliphatic carbocycles. The van der Waals surface area contributed by atoms with Crippen LogP contribution in [0.15, 0.2) is 17.1 Å². The zero-order valence-electron chi connectivity index (χ0n) is 12.1. The zero-order chi connectivity index (χ0) is 17.3. The van der Waals surface area contributed by atoms with E-state index in [-0.39, 0.29) is 13.0 Å². The lowest BCUT2D eigenvalue weighted by atomic mass is 10.1. The van der Waals surface area contributed by atoms with Gasteiger partial charge in [-0.05, 0) is 13.0 Å². The van der Waals surface area contributed by atoms with Crippen LogP contribution in [0, 0.1) is 17.5 Å². The third kappa shape index (κ3) is 2.65. The Morgan fingerprint density at radius 2 is 2.00 bits per heavy atom. The van der Waals surface area contributed by atoms with Gasteiger partial charge >= 0.3 is 5.97 Å². The first-order valence-electron chi connectivity index (χ1n) is 6.41. The summed E-state index contributed by atoms with van der Waals surface area (Å²) in [5.74, 6) is -6.07. The van der Waals surface area contributed by atoms with Crippen molar-refractivity contribution in [3.05, 3.63) is 45.5 Å². The van der Waals surface area contributed by atoms with E-state index in [1.54, 1.807) is 0 Å². The molecule has 23 heavy (non-hydrogen) atoms. The maximum absolute atomic E-state index is 14.0. The van der Waals surface area contributed by atoms with Crippen molar-refractivity contribution in [2.45, 2.75) is 6.92 Å². The quantitative estimate of drug-likeness (QED) is 0.482. The molecule has 0 aliphatic rings. The summed E-state index contributed by atoms with van der Waals surface area (Å²) in [7, 11) is 1.17. The first-order valence-corrected chi connectivity index (χ1v) is 6.41. The first-order chi connectivity index (χ1) is 10.8. The standard InChI is InChI=1S/C14H11F3N2O4/c1-3-23-14(22)8-5-19(18(2)6-20)12-7(13(8)21)4-9(15)10(16)11(12)17/h4-6H,3H2,1-2H3. The van der Waals surface area contributed by atoms with Gasteiger partial charge in [0.1, 0.15) is 11.1 Å². The molecule has 0 unspecified atom stereocenters. The number of fused-ring (bicyclic) bond motifs is 1. The fourth-order valence-electron chi connectivity index (χ4n) is 2.03. The molecule has 6 nitrogen and oxygen atoms in total. The summed E-state index contributed by atoms with van der Waals surface area (Å²) in [6.07, 6.45) is 1.07. The lowest BCUT2D eigenvalue weighted by Crippen LogP contribution is -2.33. The number of halogens is 3. The molecule has 2 aromatic rings. The van der Waals surface area contributed by atoms with Gasteiger partial charge in [-0.1, -0.05) is 0 Å². The second-order valence-electron chi connectivity index (χ2n) is 4.50. The Hall–Kier alpha value is -2.84. The van der Waals surface area contributed by atoms with E-state index >= 15 is 0 Å². The Morgan fingerprint density at radius 1 is 1.35 bits per heavy atom. The van der Waals surface area contributed by atoms with Crippen molar-refractivity contribution in [2.75, 3.05) is 18.7 Å². The van der Waals surface area contributed by atoms with Crippen LogP contribution in [0.3, 0.4) is 0 Å². The highest BCUT2D eigenvalue weighted by atomic mass is 19.2. The summed E-state index contributed by atoms with van der Waals surface area (Å²) in [5.41, 5.74) is -2.25. The minimum Gasteiger partial charge on any atom is -0.462 e. The molecule has 0 radical (unpaired) electrons. The molecule has 0 saturated carbocycles. The van der Waals surface area contributed by atoms with E-state index in [1.165, 1.54) is 14.0 Å². The summed E-state index contributed by atoms with van der Waals surface area (Å²) in [4.78, 5) is 35.0. The highest BCUT2D eigenvalue weighted by Gasteiger charge is 2.24. The number of hydrogen-bond acceptors (Lipinski definition) is 4. The monoisotopic (exact) mass is 328 g/mol. The van der Waals surface area contributed by atoms with E-state index in [9.17, 15) is 27.6 Å². The van der Waals surface area contributed by atoms with Crippen molar-refractivity contribution in [2.24, 2.45) is 0 Å². The third-order valence-corrected chi connectivity index (χ3v) is 3.09. The summed E-state index contributed by atoms with van der Waals surface area (Å²) in [5, 5.41) is 0.158. The van der Waals surface area contributed by atoms with Crippen LogP contribution in [0.25, 0.3) is 10.9 Å². The van der Waals surface area contributed by atoms with E-state index in [1.807, 2.05) is 0 Å². The fourth-order valence-corrected chi connectivity index (χ4v) is 2.03. The molecule has 0 N–H and O–H groups in total. The van der Waals surface area contributed by atoms with Crippen molar-refractivity contribution in [1.29, 1.82) is 0 Å². The van der Waals surface area contributed by atoms with E-state index in [0.717, 1.165) is 15.9 Å². The molecule has 1 aromatic heterocycles. The molecular weight excluding hydrogens is 317 g/mol. The molecule has 1 aromatic carbocycles. The maximum Gasteiger partial charge on any atom is 0.343 e. The smallest absolute Gasteiger partial charge is 0.343 e. The second-order valence-corrected chi connectivity index (χ2v) is 4.50. The fraction of sp³-hybridized carbons (Fsp3) is 0.214. The van der Waals surface area contributed by atoms with Gasteiger partial charge in [-0.3, -0.25) is 19.3 Å². The summed E-state index contributed by atoms with van der Waals surface area (Å²) >= 11 is 0. The molecular formula is C14H11F3N2O4. The average molecular weight is 328 g/mol. The number of hydrogen-bond donors (Lipinski definition) is 0. The number of benzene rings is 1. The Morgan fingerprint density at radius 3 is 2.57 bits per heavy atom. The normalized spacial score (nSPS) is 10.7. The number of amides is 1. The van der Waals surface area contributed by atoms with Gasteiger partial charge in [0.25, 0.3) is 0 Å². The van der Waals surface area contributed by atoms with Crippen LogP contribution in [0.2, 0.25) is 0 Å². The Labute approximate surface area is 127 Å². The Bertz CT molecular complexity index is 863. The van der Waals surface area contributed by atoms with Gasteiger partial charge in [0.15, 0.2) is 17.5 Å². The van der Waals surface area contributed by atoms with Crippen molar-refractivity contribution in [3.63, 3.8) is 0 Å². The largest absolute Gasteiger partial charge is 0.462 e. The summed E-state index contributed by atoms with van der Waals surface area (Å²) in [6, 6.07) is 0.466. The summed E-state index contributed by atoms with van der Waals surface area (Å²) in [6.45, 7) is 1.47. The van der Waals surface area contributed by atoms with Gasteiger partial charge in [-0.15, -0.1) is 0 Å². The highest BCUT2D eigenvalue weighted by molar-refractivity contribution is 5.94. The first kappa shape index (κ1) is 16.5. The average Bonchev–Trinajstić information content (AvgIpc) is 2.53. The van der Waals surface area contributed by atoms with Gasteiger partial charge in [0, 0.05) is 13.2 Å². The van der Waals surface area contributed by atoms with Crippen molar-refractivity contribution >= 4 is 23.3 Å². The van der Waals surface area contributed by atoms with Crippen LogP contribution in [0.4, 0.5) is 13.2 Å². The minimum atomic E-state index is -1.80. The molecule has 2 rings (SSSR count). The second kappa shape index (κ2) is 6.11. The van der Waals surface area contributed by atoms with Gasteiger partial charge < -0.3 is 4.74 Å². The molecule has 0 saturated heterocycles. The number of nitrogens with zero attached hydrogens (tertiary/aromatic N) is 2. The highest BCUT2D eigenvalue weighted by Crippen LogP contribution is 2.22. The molecule has 122 valence electrons. The van der Waals surface area contributed by atoms with E-state index in [4.69, 9.17) is 0 Å². The summed E-state index contributed by atoms with van der Waals surface area (Å²) < 4.78 is 46.3. The molecule has 0 fully saturated rings. The number of carbonyl (C=O) groups is 2. The van der Waals surface area contributed by atoms with Gasteiger partial charge in [0.05, 0.1) is 12.0 Å². The number of carbonyl (C=O) groups excluding carboxylic acids is 2. The molecule has 0 aliphatic heterocycles. The number of aromatic nitrogens is 1. The predicted molar refractivity (Wildman–Crippen MR) is 74.2 cm³/mol. The van der Waals surface area contributed by atoms with Crippen molar-refractivity contribution < 1.29 is 27.5 Å². The zero-order valence-corrected chi connectivity index (χ0v) is 12.1. The topological polar surface area (TPSA) is 68.6 Å². The van der Waals surface area contributed by atoms with Crippen LogP contribution < -0.4 is 10.4 Å². The number of esters is 1. The van der Waals surface area contributed by atoms with Crippen LogP contribution in [-0.4, -0.2) is 30.7 Å². The Balaban J connectivity index is 2.97. The van der Waals surface area contributed by atoms with Gasteiger partial charge in [-0.2, -0.15) is 0 Å². The molecule has 9 heteroatoms. The number of rotatable bonds is 4. The van der Waals surface area contributed by atoms with Crippen molar-refractivity contribution in [1.82, 2.24) is 4.68 Å². The minimum absolute atomic E-state index is 0.0357. The molecule has 1 amide bonds. The van der Waals surface area contributed by atoms with E-state index in [0.29, 0.717) is 6.07 Å². The Kier molecular flexibility index (Phi) is 4.39. The number of ether oxygens (including phenoxy) is 1. The lowest BCUT2D eigenvalue weighted by Gasteiger charge is -2.19. The van der Waals surface area contributed by atoms with E-state index in [2.05, 4.69) is 4.74 Å². The number of pyridine rings is 1. The lowest BCUT2D eigenvalue weighted by molar-refractivity contribution is -0.108. The molecule has 0 spiro atoms. The van der Waals surface area contributed by atoms with Gasteiger partial charge in [0.2, 0.25) is 11.8 Å². The van der Waals surface area contributed by atoms with Crippen LogP contribution >= 0.6 is 0 Å². The van der Waals surface area contributed by atoms with Crippen molar-refractivity contribution in [3.8, 4) is 0 Å². The van der Waals surface area contributed by atoms with Gasteiger partial charge in [-0.25, -0.2) is 18.0 Å². The van der Waals surface area contributed by atoms with Crippen LogP contribution in [0.1, 0.15) is 17.3 Å². The van der Waals surface area contributed by atoms with E-state index < -0.39 is 45.3 Å². The van der Waals surface area contributed by atoms with Crippen LogP contribution in [0.5, 0.6) is 0 Å². The van der Waals surface area contributed by atoms with Crippen LogP contribution in [-0.2, 0) is 9.53 Å². The molecule has 0 bridgehead atoms. The third-order valence-electron chi connectivity index (χ3n) is 3.09. The molecule has 0 atom stereocenters.